The Balaban J connectivity index is 5.15. The summed E-state index contributed by atoms with van der Waals surface area (Å²) < 4.78 is 42.6. The van der Waals surface area contributed by atoms with Gasteiger partial charge in [-0.25, -0.2) is 0 Å². The van der Waals surface area contributed by atoms with Crippen molar-refractivity contribution in [1.82, 2.24) is 4.90 Å². The van der Waals surface area contributed by atoms with Crippen LogP contribution in [0.1, 0.15) is 40.5 Å². The number of carbonyl (C=O) groups is 1. The highest BCUT2D eigenvalue weighted by Gasteiger charge is 2.40. The first-order valence-corrected chi connectivity index (χ1v) is 6.02. The lowest BCUT2D eigenvalue weighted by Crippen LogP contribution is -2.53. The summed E-state index contributed by atoms with van der Waals surface area (Å²) in [5.41, 5.74) is -1.24. The van der Waals surface area contributed by atoms with Crippen LogP contribution in [0.4, 0.5) is 13.2 Å². The molecule has 3 nitrogen and oxygen atoms in total. The number of nitrogens with zero attached hydrogens (tertiary/aromatic N) is 1. The number of hydrogen-bond donors (Lipinski definition) is 0. The SMILES string of the molecule is CCC(CC)N(CC(F)(F)F)C(=O)C(C)(C)OC. The van der Waals surface area contributed by atoms with Gasteiger partial charge in [0.2, 0.25) is 0 Å². The zero-order valence-corrected chi connectivity index (χ0v) is 11.6. The smallest absolute Gasteiger partial charge is 0.369 e. The summed E-state index contributed by atoms with van der Waals surface area (Å²) in [5, 5.41) is 0. The Bertz CT molecular complexity index is 273. The van der Waals surface area contributed by atoms with Gasteiger partial charge in [0.05, 0.1) is 0 Å². The number of alkyl halides is 3. The van der Waals surface area contributed by atoms with Gasteiger partial charge in [-0.15, -0.1) is 0 Å². The molecule has 6 heteroatoms. The summed E-state index contributed by atoms with van der Waals surface area (Å²) in [5.74, 6) is -0.629. The molecule has 0 radical (unpaired) electrons. The van der Waals surface area contributed by atoms with E-state index in [1.807, 2.05) is 0 Å². The van der Waals surface area contributed by atoms with Gasteiger partial charge in [0.1, 0.15) is 12.1 Å². The molecule has 0 aromatic carbocycles. The minimum Gasteiger partial charge on any atom is -0.369 e. The number of methoxy groups -OCH3 is 1. The maximum Gasteiger partial charge on any atom is 0.406 e. The normalized spacial score (nSPS) is 12.9. The third kappa shape index (κ3) is 4.84. The Labute approximate surface area is 106 Å². The van der Waals surface area contributed by atoms with Crippen LogP contribution in [0.2, 0.25) is 0 Å². The molecule has 0 atom stereocenters. The van der Waals surface area contributed by atoms with Crippen molar-refractivity contribution in [2.24, 2.45) is 0 Å². The van der Waals surface area contributed by atoms with E-state index >= 15 is 0 Å². The van der Waals surface area contributed by atoms with Crippen LogP contribution in [0.25, 0.3) is 0 Å². The van der Waals surface area contributed by atoms with Crippen molar-refractivity contribution in [3.8, 4) is 0 Å². The van der Waals surface area contributed by atoms with Crippen LogP contribution in [-0.4, -0.2) is 42.3 Å². The minimum atomic E-state index is -4.40. The fraction of sp³-hybridized carbons (Fsp3) is 0.917. The predicted octanol–water partition coefficient (Wildman–Crippen LogP) is 2.99. The lowest BCUT2D eigenvalue weighted by Gasteiger charge is -2.36. The zero-order valence-electron chi connectivity index (χ0n) is 11.6. The number of hydrogen-bond acceptors (Lipinski definition) is 2. The molecule has 18 heavy (non-hydrogen) atoms. The van der Waals surface area contributed by atoms with E-state index in [0.717, 1.165) is 4.90 Å². The van der Waals surface area contributed by atoms with Gasteiger partial charge in [-0.2, -0.15) is 13.2 Å². The van der Waals surface area contributed by atoms with Crippen molar-refractivity contribution >= 4 is 5.91 Å². The van der Waals surface area contributed by atoms with Crippen LogP contribution < -0.4 is 0 Å². The Morgan fingerprint density at radius 2 is 1.67 bits per heavy atom. The lowest BCUT2D eigenvalue weighted by atomic mass is 10.0. The highest BCUT2D eigenvalue weighted by molar-refractivity contribution is 5.84. The van der Waals surface area contributed by atoms with Gasteiger partial charge >= 0.3 is 6.18 Å². The Morgan fingerprint density at radius 3 is 1.94 bits per heavy atom. The Hall–Kier alpha value is -0.780. The summed E-state index contributed by atoms with van der Waals surface area (Å²) in [7, 11) is 1.32. The summed E-state index contributed by atoms with van der Waals surface area (Å²) in [6.07, 6.45) is -3.43. The van der Waals surface area contributed by atoms with Crippen LogP contribution in [0.15, 0.2) is 0 Å². The van der Waals surface area contributed by atoms with E-state index in [0.29, 0.717) is 12.8 Å². The van der Waals surface area contributed by atoms with Crippen molar-refractivity contribution in [1.29, 1.82) is 0 Å². The van der Waals surface area contributed by atoms with E-state index in [1.165, 1.54) is 21.0 Å². The van der Waals surface area contributed by atoms with E-state index in [2.05, 4.69) is 0 Å². The fourth-order valence-electron chi connectivity index (χ4n) is 1.72. The van der Waals surface area contributed by atoms with Crippen molar-refractivity contribution in [3.63, 3.8) is 0 Å². The Kier molecular flexibility index (Phi) is 6.13. The molecule has 0 rings (SSSR count). The summed E-state index contributed by atoms with van der Waals surface area (Å²) in [6.45, 7) is 5.25. The molecule has 0 aromatic rings. The molecule has 0 fully saturated rings. The fourth-order valence-corrected chi connectivity index (χ4v) is 1.72. The number of carbonyl (C=O) groups excluding carboxylic acids is 1. The maximum atomic E-state index is 12.6. The van der Waals surface area contributed by atoms with Crippen LogP contribution in [-0.2, 0) is 9.53 Å². The highest BCUT2D eigenvalue weighted by atomic mass is 19.4. The third-order valence-electron chi connectivity index (χ3n) is 3.02. The van der Waals surface area contributed by atoms with Gasteiger partial charge in [-0.3, -0.25) is 4.79 Å². The summed E-state index contributed by atoms with van der Waals surface area (Å²) >= 11 is 0. The van der Waals surface area contributed by atoms with Gasteiger partial charge in [-0.1, -0.05) is 13.8 Å². The third-order valence-corrected chi connectivity index (χ3v) is 3.02. The van der Waals surface area contributed by atoms with Gasteiger partial charge < -0.3 is 9.64 Å². The van der Waals surface area contributed by atoms with Crippen molar-refractivity contribution < 1.29 is 22.7 Å². The maximum absolute atomic E-state index is 12.6. The molecule has 0 aliphatic rings. The zero-order chi connectivity index (χ0) is 14.6. The second-order valence-corrected chi connectivity index (χ2v) is 4.73. The molecule has 0 unspecified atom stereocenters. The van der Waals surface area contributed by atoms with Crippen molar-refractivity contribution in [2.75, 3.05) is 13.7 Å². The van der Waals surface area contributed by atoms with Crippen LogP contribution in [0.3, 0.4) is 0 Å². The summed E-state index contributed by atoms with van der Waals surface area (Å²) in [4.78, 5) is 13.0. The highest BCUT2D eigenvalue weighted by Crippen LogP contribution is 2.24. The van der Waals surface area contributed by atoms with Gasteiger partial charge in [0.25, 0.3) is 5.91 Å². The molecule has 0 heterocycles. The topological polar surface area (TPSA) is 29.5 Å². The molecular formula is C12H22F3NO2. The first kappa shape index (κ1) is 17.2. The quantitative estimate of drug-likeness (QED) is 0.742. The lowest BCUT2D eigenvalue weighted by molar-refractivity contribution is -0.178. The molecule has 0 saturated heterocycles. The molecule has 0 saturated carbocycles. The molecule has 108 valence electrons. The molecular weight excluding hydrogens is 247 g/mol. The molecule has 0 aliphatic heterocycles. The first-order chi connectivity index (χ1) is 8.09. The van der Waals surface area contributed by atoms with E-state index in [1.54, 1.807) is 13.8 Å². The molecule has 1 amide bonds. The molecule has 0 spiro atoms. The van der Waals surface area contributed by atoms with Crippen LogP contribution in [0.5, 0.6) is 0 Å². The standard InChI is InChI=1S/C12H22F3NO2/c1-6-9(7-2)16(8-12(13,14)15)10(17)11(3,4)18-5/h9H,6-8H2,1-5H3. The number of amides is 1. The average Bonchev–Trinajstić information content (AvgIpc) is 2.26. The number of rotatable bonds is 6. The predicted molar refractivity (Wildman–Crippen MR) is 63.2 cm³/mol. The van der Waals surface area contributed by atoms with E-state index in [-0.39, 0.29) is 0 Å². The number of ether oxygens (including phenoxy) is 1. The monoisotopic (exact) mass is 269 g/mol. The second-order valence-electron chi connectivity index (χ2n) is 4.73. The van der Waals surface area contributed by atoms with Gasteiger partial charge in [-0.05, 0) is 26.7 Å². The minimum absolute atomic E-state index is 0.423. The number of halogens is 3. The Morgan fingerprint density at radius 1 is 1.22 bits per heavy atom. The van der Waals surface area contributed by atoms with Gasteiger partial charge in [0.15, 0.2) is 0 Å². The van der Waals surface area contributed by atoms with E-state index < -0.39 is 30.3 Å². The molecule has 0 bridgehead atoms. The largest absolute Gasteiger partial charge is 0.406 e. The van der Waals surface area contributed by atoms with E-state index in [9.17, 15) is 18.0 Å². The second kappa shape index (κ2) is 6.41. The van der Waals surface area contributed by atoms with Crippen molar-refractivity contribution in [3.05, 3.63) is 0 Å². The first-order valence-electron chi connectivity index (χ1n) is 6.02. The van der Waals surface area contributed by atoms with Crippen LogP contribution >= 0.6 is 0 Å². The van der Waals surface area contributed by atoms with Crippen LogP contribution in [0, 0.1) is 0 Å². The molecule has 0 N–H and O–H groups in total. The molecule has 0 aromatic heterocycles. The average molecular weight is 269 g/mol. The van der Waals surface area contributed by atoms with E-state index in [4.69, 9.17) is 4.74 Å². The van der Waals surface area contributed by atoms with Gasteiger partial charge in [0, 0.05) is 13.2 Å². The molecule has 0 aliphatic carbocycles. The summed E-state index contributed by atoms with van der Waals surface area (Å²) in [6, 6.07) is -0.423. The van der Waals surface area contributed by atoms with Crippen molar-refractivity contribution in [2.45, 2.75) is 58.4 Å².